The molecule has 0 aliphatic heterocycles. The largest absolute Gasteiger partial charge is 0.398 e. The fourth-order valence-corrected chi connectivity index (χ4v) is 4.31. The Morgan fingerprint density at radius 2 is 1.95 bits per heavy atom. The molecule has 114 valence electrons. The first-order valence-corrected chi connectivity index (χ1v) is 9.48. The van der Waals surface area contributed by atoms with Crippen LogP contribution in [0.3, 0.4) is 0 Å². The van der Waals surface area contributed by atoms with Crippen LogP contribution >= 0.6 is 23.4 Å². The predicted molar refractivity (Wildman–Crippen MR) is 87.9 cm³/mol. The van der Waals surface area contributed by atoms with Crippen LogP contribution in [-0.2, 0) is 10.0 Å². The smallest absolute Gasteiger partial charge is 0.242 e. The summed E-state index contributed by atoms with van der Waals surface area (Å²) in [5.74, 6) is 0. The number of halogens is 1. The van der Waals surface area contributed by atoms with Gasteiger partial charge in [0, 0.05) is 16.3 Å². The highest BCUT2D eigenvalue weighted by Crippen LogP contribution is 2.30. The second-order valence-corrected chi connectivity index (χ2v) is 8.05. The molecule has 0 fully saturated rings. The van der Waals surface area contributed by atoms with E-state index in [1.165, 1.54) is 12.1 Å². The van der Waals surface area contributed by atoms with Crippen molar-refractivity contribution >= 4 is 39.1 Å². The first-order valence-electron chi connectivity index (χ1n) is 6.40. The lowest BCUT2D eigenvalue weighted by molar-refractivity contribution is 0.522. The number of nitrogens with two attached hydrogens (primary N) is 1. The maximum Gasteiger partial charge on any atom is 0.242 e. The zero-order valence-corrected chi connectivity index (χ0v) is 14.3. The minimum atomic E-state index is -3.65. The summed E-state index contributed by atoms with van der Waals surface area (Å²) in [6, 6.07) is 4.44. The van der Waals surface area contributed by atoms with Crippen LogP contribution in [0.4, 0.5) is 5.69 Å². The van der Waals surface area contributed by atoms with Crippen molar-refractivity contribution in [2.75, 3.05) is 18.5 Å². The Hall–Kier alpha value is -0.430. The molecule has 0 aromatic heterocycles. The summed E-state index contributed by atoms with van der Waals surface area (Å²) >= 11 is 7.52. The monoisotopic (exact) mass is 336 g/mol. The van der Waals surface area contributed by atoms with Gasteiger partial charge in [-0.25, -0.2) is 13.1 Å². The highest BCUT2D eigenvalue weighted by Gasteiger charge is 2.28. The van der Waals surface area contributed by atoms with Crippen LogP contribution in [0.2, 0.25) is 5.02 Å². The van der Waals surface area contributed by atoms with Gasteiger partial charge in [0.1, 0.15) is 4.90 Å². The number of sulfonamides is 1. The van der Waals surface area contributed by atoms with Gasteiger partial charge in [0.15, 0.2) is 0 Å². The maximum absolute atomic E-state index is 12.3. The van der Waals surface area contributed by atoms with E-state index in [2.05, 4.69) is 18.6 Å². The summed E-state index contributed by atoms with van der Waals surface area (Å²) in [6.45, 7) is 4.49. The van der Waals surface area contributed by atoms with Crippen molar-refractivity contribution < 1.29 is 8.42 Å². The Balaban J connectivity index is 2.98. The zero-order chi connectivity index (χ0) is 15.4. The van der Waals surface area contributed by atoms with Crippen LogP contribution in [0.1, 0.15) is 26.7 Å². The average molecular weight is 337 g/mol. The molecule has 0 unspecified atom stereocenters. The van der Waals surface area contributed by atoms with Crippen LogP contribution in [0.25, 0.3) is 0 Å². The number of hydrogen-bond acceptors (Lipinski definition) is 4. The number of anilines is 1. The van der Waals surface area contributed by atoms with Gasteiger partial charge >= 0.3 is 0 Å². The molecule has 0 aliphatic rings. The molecule has 4 nitrogen and oxygen atoms in total. The highest BCUT2D eigenvalue weighted by molar-refractivity contribution is 8.00. The van der Waals surface area contributed by atoms with Crippen molar-refractivity contribution in [1.29, 1.82) is 0 Å². The van der Waals surface area contributed by atoms with Crippen LogP contribution < -0.4 is 10.5 Å². The summed E-state index contributed by atoms with van der Waals surface area (Å²) in [4.78, 5) is 0.0345. The van der Waals surface area contributed by atoms with E-state index in [1.807, 2.05) is 6.26 Å². The number of nitrogens with one attached hydrogen (secondary N) is 1. The van der Waals surface area contributed by atoms with Gasteiger partial charge in [0.2, 0.25) is 10.0 Å². The van der Waals surface area contributed by atoms with Gasteiger partial charge in [-0.15, -0.1) is 0 Å². The minimum Gasteiger partial charge on any atom is -0.398 e. The molecular formula is C13H21ClN2O2S2. The van der Waals surface area contributed by atoms with E-state index in [0.29, 0.717) is 11.6 Å². The number of hydrogen-bond donors (Lipinski definition) is 2. The first kappa shape index (κ1) is 17.6. The Labute approximate surface area is 130 Å². The van der Waals surface area contributed by atoms with Gasteiger partial charge in [-0.1, -0.05) is 25.4 Å². The van der Waals surface area contributed by atoms with Crippen LogP contribution in [0, 0.1) is 0 Å². The molecule has 0 radical (unpaired) electrons. The second-order valence-electron chi connectivity index (χ2n) is 4.60. The number of rotatable bonds is 7. The molecular weight excluding hydrogens is 316 g/mol. The molecule has 20 heavy (non-hydrogen) atoms. The van der Waals surface area contributed by atoms with E-state index in [4.69, 9.17) is 17.3 Å². The Bertz CT molecular complexity index is 549. The van der Waals surface area contributed by atoms with Gasteiger partial charge in [0.05, 0.1) is 5.69 Å². The van der Waals surface area contributed by atoms with Gasteiger partial charge in [-0.2, -0.15) is 11.8 Å². The lowest BCUT2D eigenvalue weighted by Crippen LogP contribution is -2.39. The van der Waals surface area contributed by atoms with E-state index in [9.17, 15) is 8.42 Å². The van der Waals surface area contributed by atoms with Crippen molar-refractivity contribution in [3.63, 3.8) is 0 Å². The molecule has 1 aromatic rings. The van der Waals surface area contributed by atoms with E-state index in [1.54, 1.807) is 17.8 Å². The summed E-state index contributed by atoms with van der Waals surface area (Å²) < 4.78 is 27.2. The van der Waals surface area contributed by atoms with E-state index in [-0.39, 0.29) is 15.3 Å². The van der Waals surface area contributed by atoms with Gasteiger partial charge in [-0.05, 0) is 37.3 Å². The fourth-order valence-electron chi connectivity index (χ4n) is 1.91. The van der Waals surface area contributed by atoms with Gasteiger partial charge in [-0.3, -0.25) is 0 Å². The van der Waals surface area contributed by atoms with Crippen LogP contribution in [-0.4, -0.2) is 26.0 Å². The number of benzene rings is 1. The van der Waals surface area contributed by atoms with Gasteiger partial charge < -0.3 is 5.73 Å². The third-order valence-electron chi connectivity index (χ3n) is 3.57. The molecule has 3 N–H and O–H groups in total. The molecule has 0 spiro atoms. The van der Waals surface area contributed by atoms with E-state index < -0.39 is 10.0 Å². The molecule has 1 rings (SSSR count). The normalized spacial score (nSPS) is 12.6. The summed E-state index contributed by atoms with van der Waals surface area (Å²) in [7, 11) is -3.65. The molecule has 0 saturated carbocycles. The minimum absolute atomic E-state index is 0.0345. The predicted octanol–water partition coefficient (Wildman–Crippen LogP) is 3.12. The number of nitrogen functional groups attached to an aromatic ring is 1. The van der Waals surface area contributed by atoms with E-state index >= 15 is 0 Å². The number of thioether (sulfide) groups is 1. The third kappa shape index (κ3) is 4.04. The summed E-state index contributed by atoms with van der Waals surface area (Å²) in [5.41, 5.74) is 5.93. The van der Waals surface area contributed by atoms with E-state index in [0.717, 1.165) is 12.8 Å². The summed E-state index contributed by atoms with van der Waals surface area (Å²) in [6.07, 6.45) is 3.77. The molecule has 0 atom stereocenters. The first-order chi connectivity index (χ1) is 9.30. The molecule has 0 saturated heterocycles. The lowest BCUT2D eigenvalue weighted by atomic mass is 10.0. The van der Waals surface area contributed by atoms with Crippen molar-refractivity contribution in [2.24, 2.45) is 0 Å². The van der Waals surface area contributed by atoms with Crippen molar-refractivity contribution in [3.8, 4) is 0 Å². The second kappa shape index (κ2) is 7.02. The molecule has 1 aromatic carbocycles. The third-order valence-corrected chi connectivity index (χ3v) is 6.85. The van der Waals surface area contributed by atoms with Crippen LogP contribution in [0.15, 0.2) is 23.1 Å². The average Bonchev–Trinajstić information content (AvgIpc) is 2.43. The van der Waals surface area contributed by atoms with Crippen LogP contribution in [0.5, 0.6) is 0 Å². The van der Waals surface area contributed by atoms with Crippen molar-refractivity contribution in [1.82, 2.24) is 4.72 Å². The molecule has 0 bridgehead atoms. The standard InChI is InChI=1S/C13H21ClN2O2S2/c1-4-13(5-2,19-3)9-16-20(17,18)12-8-10(14)6-7-11(12)15/h6-8,16H,4-5,9,15H2,1-3H3. The quantitative estimate of drug-likeness (QED) is 0.750. The Morgan fingerprint density at radius 1 is 1.35 bits per heavy atom. The highest BCUT2D eigenvalue weighted by atomic mass is 35.5. The maximum atomic E-state index is 12.3. The molecule has 0 amide bonds. The van der Waals surface area contributed by atoms with Crippen molar-refractivity contribution in [3.05, 3.63) is 23.2 Å². The molecule has 0 aliphatic carbocycles. The van der Waals surface area contributed by atoms with Gasteiger partial charge in [0.25, 0.3) is 0 Å². The topological polar surface area (TPSA) is 72.2 Å². The zero-order valence-electron chi connectivity index (χ0n) is 11.9. The molecule has 7 heteroatoms. The molecule has 0 heterocycles. The Kier molecular flexibility index (Phi) is 6.19. The van der Waals surface area contributed by atoms with Crippen molar-refractivity contribution in [2.45, 2.75) is 36.3 Å². The SMILES string of the molecule is CCC(CC)(CNS(=O)(=O)c1cc(Cl)ccc1N)SC. The fraction of sp³-hybridized carbons (Fsp3) is 0.538. The Morgan fingerprint density at radius 3 is 2.45 bits per heavy atom. The lowest BCUT2D eigenvalue weighted by Gasteiger charge is -2.29. The summed E-state index contributed by atoms with van der Waals surface area (Å²) in [5, 5.41) is 0.349.